The van der Waals surface area contributed by atoms with Crippen LogP contribution in [0.4, 0.5) is 8.78 Å². The average Bonchev–Trinajstić information content (AvgIpc) is 3.63. The van der Waals surface area contributed by atoms with Crippen molar-refractivity contribution in [2.24, 2.45) is 11.8 Å². The first-order valence-electron chi connectivity index (χ1n) is 11.8. The van der Waals surface area contributed by atoms with Crippen molar-refractivity contribution in [3.8, 4) is 11.6 Å². The molecule has 2 aliphatic rings. The molecule has 5 nitrogen and oxygen atoms in total. The summed E-state index contributed by atoms with van der Waals surface area (Å²) in [6, 6.07) is 5.32. The van der Waals surface area contributed by atoms with E-state index in [1.165, 1.54) is 20.0 Å². The summed E-state index contributed by atoms with van der Waals surface area (Å²) < 4.78 is 40.6. The lowest BCUT2D eigenvalue weighted by atomic mass is 9.79. The number of methoxy groups -OCH3 is 1. The minimum absolute atomic E-state index is 0. The Morgan fingerprint density at radius 2 is 1.88 bits per heavy atom. The maximum atomic E-state index is 15.3. The van der Waals surface area contributed by atoms with Crippen molar-refractivity contribution in [3.63, 3.8) is 0 Å². The van der Waals surface area contributed by atoms with Gasteiger partial charge in [0.2, 0.25) is 11.8 Å². The Hall–Kier alpha value is -2.22. The van der Waals surface area contributed by atoms with Gasteiger partial charge in [0.05, 0.1) is 19.9 Å². The van der Waals surface area contributed by atoms with E-state index in [9.17, 15) is 9.18 Å². The Morgan fingerprint density at radius 3 is 2.50 bits per heavy atom. The number of pyridine rings is 2. The lowest BCUT2D eigenvalue weighted by Gasteiger charge is -2.30. The highest BCUT2D eigenvalue weighted by Crippen LogP contribution is 2.50. The quantitative estimate of drug-likeness (QED) is 0.408. The molecule has 2 aromatic heterocycles. The van der Waals surface area contributed by atoms with E-state index in [2.05, 4.69) is 9.97 Å². The number of aromatic nitrogens is 2. The van der Waals surface area contributed by atoms with Gasteiger partial charge in [-0.05, 0) is 87.8 Å². The van der Waals surface area contributed by atoms with Crippen LogP contribution in [0, 0.1) is 17.8 Å². The van der Waals surface area contributed by atoms with Gasteiger partial charge in [-0.2, -0.15) is 17.9 Å². The van der Waals surface area contributed by atoms with Crippen molar-refractivity contribution in [3.05, 3.63) is 47.7 Å². The summed E-state index contributed by atoms with van der Waals surface area (Å²) in [5, 5.41) is 0. The van der Waals surface area contributed by atoms with Crippen LogP contribution in [0.1, 0.15) is 75.3 Å². The van der Waals surface area contributed by atoms with Crippen LogP contribution < -0.4 is 9.47 Å². The molecule has 0 spiro atoms. The second kappa shape index (κ2) is 11.0. The Balaban J connectivity index is 0.00000324. The highest BCUT2D eigenvalue weighted by Gasteiger charge is 2.48. The van der Waals surface area contributed by atoms with Crippen molar-refractivity contribution in [1.82, 2.24) is 9.97 Å². The zero-order valence-corrected chi connectivity index (χ0v) is 21.0. The van der Waals surface area contributed by atoms with Crippen LogP contribution >= 0.6 is 13.5 Å². The number of rotatable bonds is 9. The Labute approximate surface area is 207 Å². The molecule has 34 heavy (non-hydrogen) atoms. The molecule has 2 aliphatic carbocycles. The maximum absolute atomic E-state index is 15.3. The largest absolute Gasteiger partial charge is 0.495 e. The smallest absolute Gasteiger partial charge is 0.216 e. The molecular weight excluding hydrogens is 458 g/mol. The molecule has 0 N–H and O–H groups in total. The number of nitrogens with zero attached hydrogens (tertiary/aromatic N) is 2. The third-order valence-electron chi connectivity index (χ3n) is 7.31. The summed E-state index contributed by atoms with van der Waals surface area (Å²) in [7, 11) is 1.55. The van der Waals surface area contributed by atoms with Crippen LogP contribution in [0.5, 0.6) is 11.6 Å². The van der Waals surface area contributed by atoms with Gasteiger partial charge in [0.25, 0.3) is 0 Å². The van der Waals surface area contributed by atoms with Crippen LogP contribution in [0.2, 0.25) is 0 Å². The first-order valence-corrected chi connectivity index (χ1v) is 11.8. The second-order valence-corrected chi connectivity index (χ2v) is 9.66. The third kappa shape index (κ3) is 5.88. The number of hydrogen-bond acceptors (Lipinski definition) is 5. The molecule has 186 valence electrons. The van der Waals surface area contributed by atoms with E-state index in [1.54, 1.807) is 31.5 Å². The molecule has 0 aromatic carbocycles. The van der Waals surface area contributed by atoms with Crippen molar-refractivity contribution in [2.75, 3.05) is 13.7 Å². The molecule has 1 unspecified atom stereocenters. The van der Waals surface area contributed by atoms with Gasteiger partial charge < -0.3 is 9.47 Å². The SMILES string of the molecule is COc1cnc(F)c(C2CCC(COc3cc([C@H](C4CC4)C(C)(F)C(C)=O)ccn3)CC2)c1.S. The van der Waals surface area contributed by atoms with Crippen LogP contribution in [-0.2, 0) is 4.79 Å². The minimum Gasteiger partial charge on any atom is -0.495 e. The van der Waals surface area contributed by atoms with Gasteiger partial charge in [-0.1, -0.05) is 0 Å². The van der Waals surface area contributed by atoms with Gasteiger partial charge in [0.1, 0.15) is 5.75 Å². The highest BCUT2D eigenvalue weighted by molar-refractivity contribution is 7.59. The highest BCUT2D eigenvalue weighted by atomic mass is 32.1. The van der Waals surface area contributed by atoms with Gasteiger partial charge in [-0.15, -0.1) is 0 Å². The fraction of sp³-hybridized carbons (Fsp3) is 0.577. The zero-order chi connectivity index (χ0) is 23.6. The molecule has 2 atom stereocenters. The lowest BCUT2D eigenvalue weighted by Crippen LogP contribution is -2.36. The molecule has 0 aliphatic heterocycles. The van der Waals surface area contributed by atoms with Crippen LogP contribution in [0.25, 0.3) is 0 Å². The molecule has 2 aromatic rings. The average molecular weight is 493 g/mol. The number of halogens is 2. The summed E-state index contributed by atoms with van der Waals surface area (Å²) >= 11 is 0. The predicted octanol–water partition coefficient (Wildman–Crippen LogP) is 5.90. The Morgan fingerprint density at radius 1 is 1.18 bits per heavy atom. The van der Waals surface area contributed by atoms with Crippen LogP contribution in [0.3, 0.4) is 0 Å². The standard InChI is InChI=1S/C26H32F2N2O3.H2S/c1-16(31)26(2,28)24(19-8-9-19)20-10-11-29-23(12-20)33-15-17-4-6-18(7-5-17)22-13-21(32-3)14-30-25(22)27;/h10-14,17-19,24H,4-9,15H2,1-3H3;1H2/t17?,18?,24-,26?;/m0./s1. The summed E-state index contributed by atoms with van der Waals surface area (Å²) in [5.74, 6) is 0.340. The number of carbonyl (C=O) groups is 1. The van der Waals surface area contributed by atoms with E-state index >= 15 is 4.39 Å². The van der Waals surface area contributed by atoms with Crippen LogP contribution in [0.15, 0.2) is 30.6 Å². The van der Waals surface area contributed by atoms with E-state index in [4.69, 9.17) is 9.47 Å². The van der Waals surface area contributed by atoms with Crippen LogP contribution in [-0.4, -0.2) is 35.1 Å². The first-order chi connectivity index (χ1) is 15.8. The summed E-state index contributed by atoms with van der Waals surface area (Å²) in [4.78, 5) is 20.1. The normalized spacial score (nSPS) is 22.7. The molecule has 0 radical (unpaired) electrons. The van der Waals surface area contributed by atoms with Crippen molar-refractivity contribution < 1.29 is 23.0 Å². The Bertz CT molecular complexity index is 992. The molecule has 0 saturated heterocycles. The summed E-state index contributed by atoms with van der Waals surface area (Å²) in [6.45, 7) is 3.21. The minimum atomic E-state index is -1.90. The monoisotopic (exact) mass is 492 g/mol. The molecule has 2 fully saturated rings. The fourth-order valence-corrected chi connectivity index (χ4v) is 5.06. The zero-order valence-electron chi connectivity index (χ0n) is 20.0. The van der Waals surface area contributed by atoms with Gasteiger partial charge in [-0.3, -0.25) is 4.79 Å². The topological polar surface area (TPSA) is 61.3 Å². The van der Waals surface area contributed by atoms with Crippen molar-refractivity contribution in [1.29, 1.82) is 0 Å². The van der Waals surface area contributed by atoms with Gasteiger partial charge >= 0.3 is 0 Å². The Kier molecular flexibility index (Phi) is 8.55. The van der Waals surface area contributed by atoms with E-state index in [1.807, 2.05) is 0 Å². The number of ketones is 1. The fourth-order valence-electron chi connectivity index (χ4n) is 5.06. The van der Waals surface area contributed by atoms with E-state index in [-0.39, 0.29) is 25.3 Å². The van der Waals surface area contributed by atoms with Gasteiger partial charge in [0, 0.05) is 23.7 Å². The van der Waals surface area contributed by atoms with Gasteiger partial charge in [0.15, 0.2) is 11.5 Å². The third-order valence-corrected chi connectivity index (χ3v) is 7.31. The molecule has 2 heterocycles. The van der Waals surface area contributed by atoms with Gasteiger partial charge in [-0.25, -0.2) is 14.4 Å². The summed E-state index contributed by atoms with van der Waals surface area (Å²) in [6.07, 6.45) is 8.44. The molecule has 2 saturated carbocycles. The van der Waals surface area contributed by atoms with E-state index in [0.717, 1.165) is 44.1 Å². The summed E-state index contributed by atoms with van der Waals surface area (Å²) in [5.41, 5.74) is -0.510. The molecule has 4 rings (SSSR count). The second-order valence-electron chi connectivity index (χ2n) is 9.66. The molecule has 0 bridgehead atoms. The number of hydrogen-bond donors (Lipinski definition) is 0. The maximum Gasteiger partial charge on any atom is 0.216 e. The molecule has 0 amide bonds. The predicted molar refractivity (Wildman–Crippen MR) is 131 cm³/mol. The number of carbonyl (C=O) groups excluding carboxylic acids is 1. The number of alkyl halides is 1. The first kappa shape index (κ1) is 26.4. The molecular formula is C26H34F2N2O3S. The number of ether oxygens (including phenoxy) is 2. The van der Waals surface area contributed by atoms with E-state index in [0.29, 0.717) is 29.7 Å². The van der Waals surface area contributed by atoms with Crippen molar-refractivity contribution in [2.45, 2.75) is 69.9 Å². The van der Waals surface area contributed by atoms with E-state index < -0.39 is 23.3 Å². The lowest BCUT2D eigenvalue weighted by molar-refractivity contribution is -0.129. The number of Topliss-reactive ketones (excluding diaryl/α,β-unsaturated/α-hetero) is 1. The molecule has 8 heteroatoms. The van der Waals surface area contributed by atoms with Crippen molar-refractivity contribution >= 4 is 19.3 Å².